The summed E-state index contributed by atoms with van der Waals surface area (Å²) in [6.45, 7) is 7.22. The largest absolute Gasteiger partial charge is 0.348 e. The maximum Gasteiger partial charge on any atom is 0.237 e. The smallest absolute Gasteiger partial charge is 0.237 e. The van der Waals surface area contributed by atoms with Crippen LogP contribution in [0, 0.1) is 13.8 Å². The van der Waals surface area contributed by atoms with Crippen LogP contribution in [0.2, 0.25) is 0 Å². The van der Waals surface area contributed by atoms with Crippen LogP contribution in [0.5, 0.6) is 0 Å². The summed E-state index contributed by atoms with van der Waals surface area (Å²) in [5.41, 5.74) is 3.75. The van der Waals surface area contributed by atoms with E-state index in [0.717, 1.165) is 19.4 Å². The molecule has 1 saturated heterocycles. The summed E-state index contributed by atoms with van der Waals surface area (Å²) in [7, 11) is 0. The Morgan fingerprint density at radius 1 is 1.42 bits per heavy atom. The predicted molar refractivity (Wildman–Crippen MR) is 80.7 cm³/mol. The molecule has 1 amide bonds. The SMILES string of the molecule is Cc1cccc(C(C)NC(=O)C2CCCN2)c1C.Cl. The molecule has 1 aromatic rings. The zero-order valence-corrected chi connectivity index (χ0v) is 12.6. The average molecular weight is 283 g/mol. The molecular formula is C15H23ClN2O. The Balaban J connectivity index is 0.00000180. The first-order chi connectivity index (χ1) is 8.59. The van der Waals surface area contributed by atoms with Gasteiger partial charge < -0.3 is 10.6 Å². The van der Waals surface area contributed by atoms with Crippen molar-refractivity contribution in [2.45, 2.75) is 45.7 Å². The lowest BCUT2D eigenvalue weighted by Gasteiger charge is -2.20. The van der Waals surface area contributed by atoms with Gasteiger partial charge in [-0.25, -0.2) is 0 Å². The van der Waals surface area contributed by atoms with Gasteiger partial charge in [-0.15, -0.1) is 12.4 Å². The monoisotopic (exact) mass is 282 g/mol. The predicted octanol–water partition coefficient (Wildman–Crippen LogP) is 2.65. The van der Waals surface area contributed by atoms with Crippen molar-refractivity contribution in [3.05, 3.63) is 34.9 Å². The summed E-state index contributed by atoms with van der Waals surface area (Å²) in [5.74, 6) is 0.126. The maximum atomic E-state index is 12.1. The van der Waals surface area contributed by atoms with E-state index in [4.69, 9.17) is 0 Å². The van der Waals surface area contributed by atoms with E-state index in [0.29, 0.717) is 0 Å². The molecule has 1 aromatic carbocycles. The number of rotatable bonds is 3. The standard InChI is InChI=1S/C15H22N2O.ClH/c1-10-6-4-7-13(11(10)2)12(3)17-15(18)14-8-5-9-16-14;/h4,6-7,12,14,16H,5,8-9H2,1-3H3,(H,17,18);1H. The minimum Gasteiger partial charge on any atom is -0.348 e. The quantitative estimate of drug-likeness (QED) is 0.895. The molecule has 0 bridgehead atoms. The lowest BCUT2D eigenvalue weighted by molar-refractivity contribution is -0.123. The lowest BCUT2D eigenvalue weighted by atomic mass is 9.98. The molecule has 2 N–H and O–H groups in total. The molecule has 1 aliphatic rings. The van der Waals surface area contributed by atoms with Crippen molar-refractivity contribution < 1.29 is 4.79 Å². The Morgan fingerprint density at radius 3 is 2.79 bits per heavy atom. The molecule has 0 radical (unpaired) electrons. The molecule has 0 aliphatic carbocycles. The van der Waals surface area contributed by atoms with E-state index < -0.39 is 0 Å². The van der Waals surface area contributed by atoms with Gasteiger partial charge in [0, 0.05) is 0 Å². The average Bonchev–Trinajstić information content (AvgIpc) is 2.86. The molecule has 3 nitrogen and oxygen atoms in total. The van der Waals surface area contributed by atoms with E-state index in [1.807, 2.05) is 6.07 Å². The first-order valence-corrected chi connectivity index (χ1v) is 6.69. The summed E-state index contributed by atoms with van der Waals surface area (Å²) < 4.78 is 0. The van der Waals surface area contributed by atoms with Crippen molar-refractivity contribution in [1.29, 1.82) is 0 Å². The Hall–Kier alpha value is -1.06. The molecule has 2 unspecified atom stereocenters. The second-order valence-corrected chi connectivity index (χ2v) is 5.17. The van der Waals surface area contributed by atoms with Gasteiger partial charge in [0.25, 0.3) is 0 Å². The van der Waals surface area contributed by atoms with Crippen molar-refractivity contribution in [2.75, 3.05) is 6.54 Å². The Morgan fingerprint density at radius 2 is 2.16 bits per heavy atom. The molecule has 0 spiro atoms. The third kappa shape index (κ3) is 3.71. The number of carbonyl (C=O) groups excluding carboxylic acids is 1. The highest BCUT2D eigenvalue weighted by Crippen LogP contribution is 2.20. The van der Waals surface area contributed by atoms with E-state index in [1.54, 1.807) is 0 Å². The number of nitrogens with one attached hydrogen (secondary N) is 2. The van der Waals surface area contributed by atoms with Crippen LogP contribution in [0.1, 0.15) is 42.5 Å². The third-order valence-electron chi connectivity index (χ3n) is 3.85. The highest BCUT2D eigenvalue weighted by atomic mass is 35.5. The van der Waals surface area contributed by atoms with Gasteiger partial charge in [0.15, 0.2) is 0 Å². The molecule has 106 valence electrons. The third-order valence-corrected chi connectivity index (χ3v) is 3.85. The van der Waals surface area contributed by atoms with Crippen LogP contribution >= 0.6 is 12.4 Å². The van der Waals surface area contributed by atoms with Gasteiger partial charge in [-0.3, -0.25) is 4.79 Å². The Bertz CT molecular complexity index is 442. The van der Waals surface area contributed by atoms with Crippen LogP contribution in [-0.4, -0.2) is 18.5 Å². The fraction of sp³-hybridized carbons (Fsp3) is 0.533. The number of benzene rings is 1. The van der Waals surface area contributed by atoms with Crippen LogP contribution in [-0.2, 0) is 4.79 Å². The van der Waals surface area contributed by atoms with Gasteiger partial charge >= 0.3 is 0 Å². The van der Waals surface area contributed by atoms with Crippen LogP contribution in [0.3, 0.4) is 0 Å². The molecule has 1 heterocycles. The molecule has 0 saturated carbocycles. The van der Waals surface area contributed by atoms with Gasteiger partial charge in [0.2, 0.25) is 5.91 Å². The molecule has 1 aliphatic heterocycles. The van der Waals surface area contributed by atoms with Gasteiger partial charge in [-0.1, -0.05) is 18.2 Å². The molecule has 19 heavy (non-hydrogen) atoms. The molecule has 0 aromatic heterocycles. The molecule has 2 rings (SSSR count). The van der Waals surface area contributed by atoms with Gasteiger partial charge in [0.1, 0.15) is 0 Å². The van der Waals surface area contributed by atoms with Crippen molar-refractivity contribution in [3.8, 4) is 0 Å². The summed E-state index contributed by atoms with van der Waals surface area (Å²) in [5, 5.41) is 6.33. The van der Waals surface area contributed by atoms with E-state index in [9.17, 15) is 4.79 Å². The number of halogens is 1. The van der Waals surface area contributed by atoms with Crippen LogP contribution in [0.4, 0.5) is 0 Å². The van der Waals surface area contributed by atoms with Crippen molar-refractivity contribution >= 4 is 18.3 Å². The maximum absolute atomic E-state index is 12.1. The van der Waals surface area contributed by atoms with E-state index in [-0.39, 0.29) is 30.4 Å². The fourth-order valence-corrected chi connectivity index (χ4v) is 2.54. The minimum absolute atomic E-state index is 0. The summed E-state index contributed by atoms with van der Waals surface area (Å²) in [6, 6.07) is 6.31. The molecule has 1 fully saturated rings. The van der Waals surface area contributed by atoms with Gasteiger partial charge in [0.05, 0.1) is 12.1 Å². The zero-order valence-electron chi connectivity index (χ0n) is 11.8. The molecule has 4 heteroatoms. The fourth-order valence-electron chi connectivity index (χ4n) is 2.54. The first kappa shape index (κ1) is 16.0. The van der Waals surface area contributed by atoms with E-state index in [2.05, 4.69) is 43.5 Å². The van der Waals surface area contributed by atoms with E-state index >= 15 is 0 Å². The van der Waals surface area contributed by atoms with Crippen molar-refractivity contribution in [1.82, 2.24) is 10.6 Å². The number of carbonyl (C=O) groups is 1. The summed E-state index contributed by atoms with van der Waals surface area (Å²) in [4.78, 5) is 12.1. The molecule has 2 atom stereocenters. The Kier molecular flexibility index (Phi) is 5.83. The summed E-state index contributed by atoms with van der Waals surface area (Å²) in [6.07, 6.45) is 2.04. The number of hydrogen-bond acceptors (Lipinski definition) is 2. The van der Waals surface area contributed by atoms with Gasteiger partial charge in [-0.2, -0.15) is 0 Å². The van der Waals surface area contributed by atoms with Crippen molar-refractivity contribution in [3.63, 3.8) is 0 Å². The summed E-state index contributed by atoms with van der Waals surface area (Å²) >= 11 is 0. The second-order valence-electron chi connectivity index (χ2n) is 5.17. The number of amides is 1. The van der Waals surface area contributed by atoms with Crippen LogP contribution in [0.15, 0.2) is 18.2 Å². The minimum atomic E-state index is -0.00225. The molecular weight excluding hydrogens is 260 g/mol. The van der Waals surface area contributed by atoms with Gasteiger partial charge in [-0.05, 0) is 56.8 Å². The second kappa shape index (κ2) is 6.92. The highest BCUT2D eigenvalue weighted by molar-refractivity contribution is 5.85. The highest BCUT2D eigenvalue weighted by Gasteiger charge is 2.23. The Labute approximate surface area is 121 Å². The lowest BCUT2D eigenvalue weighted by Crippen LogP contribution is -2.41. The number of aryl methyl sites for hydroxylation is 1. The topological polar surface area (TPSA) is 41.1 Å². The normalized spacial score (nSPS) is 19.6. The van der Waals surface area contributed by atoms with Crippen molar-refractivity contribution in [2.24, 2.45) is 0 Å². The van der Waals surface area contributed by atoms with Crippen LogP contribution in [0.25, 0.3) is 0 Å². The van der Waals surface area contributed by atoms with Crippen LogP contribution < -0.4 is 10.6 Å². The number of hydrogen-bond donors (Lipinski definition) is 2. The zero-order chi connectivity index (χ0) is 13.1. The van der Waals surface area contributed by atoms with E-state index in [1.165, 1.54) is 16.7 Å². The first-order valence-electron chi connectivity index (χ1n) is 6.69.